The van der Waals surface area contributed by atoms with Gasteiger partial charge in [0.15, 0.2) is 0 Å². The second-order valence-corrected chi connectivity index (χ2v) is 12.8. The molecule has 0 aliphatic heterocycles. The summed E-state index contributed by atoms with van der Waals surface area (Å²) in [7, 11) is 0. The molecule has 0 bridgehead atoms. The number of hydrogen-bond acceptors (Lipinski definition) is 1. The van der Waals surface area contributed by atoms with Gasteiger partial charge in [0.2, 0.25) is 0 Å². The van der Waals surface area contributed by atoms with Gasteiger partial charge in [-0.3, -0.25) is 0 Å². The van der Waals surface area contributed by atoms with Gasteiger partial charge in [-0.1, -0.05) is 170 Å². The van der Waals surface area contributed by atoms with E-state index in [2.05, 4.69) is 211 Å². The number of anilines is 3. The van der Waals surface area contributed by atoms with Crippen molar-refractivity contribution in [2.45, 2.75) is 5.41 Å². The molecule has 0 radical (unpaired) electrons. The molecule has 234 valence electrons. The summed E-state index contributed by atoms with van der Waals surface area (Å²) >= 11 is 0. The van der Waals surface area contributed by atoms with Crippen LogP contribution in [0.1, 0.15) is 22.3 Å². The average molecular weight is 636 g/mol. The van der Waals surface area contributed by atoms with E-state index < -0.39 is 5.41 Å². The molecule has 0 fully saturated rings. The normalized spacial score (nSPS) is 14.3. The fraction of sp³-hybridized carbons (Fsp3) is 0.0204. The molecule has 0 aromatic heterocycles. The van der Waals surface area contributed by atoms with Gasteiger partial charge in [0, 0.05) is 22.3 Å². The van der Waals surface area contributed by atoms with Gasteiger partial charge >= 0.3 is 0 Å². The molecule has 0 N–H and O–H groups in total. The lowest BCUT2D eigenvalue weighted by atomic mass is 9.73. The molecular formula is C49H33N. The Hall–Kier alpha value is -6.62. The molecule has 1 atom stereocenters. The summed E-state index contributed by atoms with van der Waals surface area (Å²) in [5, 5.41) is 2.41. The summed E-state index contributed by atoms with van der Waals surface area (Å²) in [4.78, 5) is 2.40. The topological polar surface area (TPSA) is 3.24 Å². The zero-order chi connectivity index (χ0) is 33.3. The van der Waals surface area contributed by atoms with Crippen molar-refractivity contribution in [2.24, 2.45) is 0 Å². The predicted molar refractivity (Wildman–Crippen MR) is 209 cm³/mol. The van der Waals surface area contributed by atoms with E-state index in [9.17, 15) is 0 Å². The minimum Gasteiger partial charge on any atom is -0.310 e. The van der Waals surface area contributed by atoms with Crippen molar-refractivity contribution < 1.29 is 0 Å². The molecule has 1 aliphatic rings. The van der Waals surface area contributed by atoms with E-state index in [4.69, 9.17) is 0 Å². The number of rotatable bonds is 5. The first-order chi connectivity index (χ1) is 24.8. The van der Waals surface area contributed by atoms with Crippen molar-refractivity contribution in [1.82, 2.24) is 0 Å². The van der Waals surface area contributed by atoms with Gasteiger partial charge in [-0.05, 0) is 86.8 Å². The van der Waals surface area contributed by atoms with Crippen LogP contribution in [0.2, 0.25) is 0 Å². The smallest absolute Gasteiger partial charge is 0.108 e. The predicted octanol–water partition coefficient (Wildman–Crippen LogP) is 12.3. The second-order valence-electron chi connectivity index (χ2n) is 12.8. The van der Waals surface area contributed by atoms with Crippen molar-refractivity contribution in [3.8, 4) is 34.1 Å². The van der Waals surface area contributed by atoms with Gasteiger partial charge < -0.3 is 4.90 Å². The SMILES string of the molecule is C(#CC1(c2ccccc2)c2ccccc2-c2cc(N(c3ccc(-c4ccccc4)cc3)c3cccc4ccccc34)ccc21)c1ccccc1. The lowest BCUT2D eigenvalue weighted by molar-refractivity contribution is 0.837. The Bertz CT molecular complexity index is 2520. The van der Waals surface area contributed by atoms with Crippen LogP contribution in [0.4, 0.5) is 17.1 Å². The van der Waals surface area contributed by atoms with E-state index in [1.54, 1.807) is 0 Å². The van der Waals surface area contributed by atoms with Crippen LogP contribution in [0.25, 0.3) is 33.0 Å². The van der Waals surface area contributed by atoms with Crippen LogP contribution in [-0.2, 0) is 5.41 Å². The maximum atomic E-state index is 3.83. The molecule has 8 aromatic carbocycles. The third-order valence-electron chi connectivity index (χ3n) is 9.90. The molecule has 1 aliphatic carbocycles. The molecule has 1 nitrogen and oxygen atoms in total. The summed E-state index contributed by atoms with van der Waals surface area (Å²) in [6.45, 7) is 0. The quantitative estimate of drug-likeness (QED) is 0.170. The van der Waals surface area contributed by atoms with E-state index in [0.717, 1.165) is 22.6 Å². The Balaban J connectivity index is 1.27. The van der Waals surface area contributed by atoms with Crippen LogP contribution < -0.4 is 4.90 Å². The van der Waals surface area contributed by atoms with E-state index in [0.29, 0.717) is 0 Å². The molecular weight excluding hydrogens is 603 g/mol. The highest BCUT2D eigenvalue weighted by molar-refractivity contribution is 6.00. The monoisotopic (exact) mass is 635 g/mol. The van der Waals surface area contributed by atoms with Crippen molar-refractivity contribution in [3.63, 3.8) is 0 Å². The number of hydrogen-bond donors (Lipinski definition) is 0. The van der Waals surface area contributed by atoms with E-state index in [1.165, 1.54) is 49.7 Å². The standard InChI is InChI=1S/C49H33N/c1-4-15-36(16-5-1)33-34-49(40-21-8-3-9-22-40)46-25-13-12-24-44(46)45-35-42(31-32-47(45)49)50(48-26-14-20-39-19-10-11-23-43(39)48)41-29-27-38(28-30-41)37-17-6-2-7-18-37/h1-32,35H. The van der Waals surface area contributed by atoms with Crippen molar-refractivity contribution in [1.29, 1.82) is 0 Å². The van der Waals surface area contributed by atoms with Crippen LogP contribution in [0.15, 0.2) is 200 Å². The lowest BCUT2D eigenvalue weighted by Crippen LogP contribution is -2.25. The highest BCUT2D eigenvalue weighted by Gasteiger charge is 2.44. The highest BCUT2D eigenvalue weighted by atomic mass is 15.1. The van der Waals surface area contributed by atoms with Crippen molar-refractivity contribution in [2.75, 3.05) is 4.90 Å². The second kappa shape index (κ2) is 12.4. The van der Waals surface area contributed by atoms with Gasteiger partial charge in [0.1, 0.15) is 5.41 Å². The van der Waals surface area contributed by atoms with Gasteiger partial charge in [-0.25, -0.2) is 0 Å². The van der Waals surface area contributed by atoms with Crippen LogP contribution >= 0.6 is 0 Å². The van der Waals surface area contributed by atoms with Gasteiger partial charge in [-0.15, -0.1) is 0 Å². The third kappa shape index (κ3) is 4.98. The Labute approximate surface area is 293 Å². The zero-order valence-corrected chi connectivity index (χ0v) is 27.5. The Morgan fingerprint density at radius 1 is 0.420 bits per heavy atom. The zero-order valence-electron chi connectivity index (χ0n) is 27.5. The Morgan fingerprint density at radius 2 is 1.02 bits per heavy atom. The largest absolute Gasteiger partial charge is 0.310 e. The molecule has 1 heteroatoms. The van der Waals surface area contributed by atoms with Crippen LogP contribution in [0.5, 0.6) is 0 Å². The van der Waals surface area contributed by atoms with E-state index >= 15 is 0 Å². The molecule has 50 heavy (non-hydrogen) atoms. The summed E-state index contributed by atoms with van der Waals surface area (Å²) in [5.41, 5.74) is 12.1. The minimum atomic E-state index is -0.622. The van der Waals surface area contributed by atoms with Gasteiger partial charge in [-0.2, -0.15) is 0 Å². The Morgan fingerprint density at radius 3 is 1.82 bits per heavy atom. The van der Waals surface area contributed by atoms with Crippen LogP contribution in [-0.4, -0.2) is 0 Å². The fourth-order valence-corrected chi connectivity index (χ4v) is 7.57. The molecule has 0 spiro atoms. The molecule has 9 rings (SSSR count). The summed E-state index contributed by atoms with van der Waals surface area (Å²) in [6, 6.07) is 71.6. The molecule has 0 heterocycles. The van der Waals surface area contributed by atoms with E-state index in [1.807, 2.05) is 6.07 Å². The first-order valence-electron chi connectivity index (χ1n) is 17.1. The fourth-order valence-electron chi connectivity index (χ4n) is 7.57. The number of benzene rings is 8. The van der Waals surface area contributed by atoms with Gasteiger partial charge in [0.05, 0.1) is 5.69 Å². The Kier molecular flexibility index (Phi) is 7.34. The first-order valence-corrected chi connectivity index (χ1v) is 17.1. The van der Waals surface area contributed by atoms with Crippen LogP contribution in [0, 0.1) is 11.8 Å². The minimum absolute atomic E-state index is 0.622. The molecule has 1 unspecified atom stereocenters. The number of fused-ring (bicyclic) bond motifs is 4. The summed E-state index contributed by atoms with van der Waals surface area (Å²) in [5.74, 6) is 7.41. The van der Waals surface area contributed by atoms with Gasteiger partial charge in [0.25, 0.3) is 0 Å². The maximum absolute atomic E-state index is 3.83. The van der Waals surface area contributed by atoms with Crippen molar-refractivity contribution >= 4 is 27.8 Å². The summed E-state index contributed by atoms with van der Waals surface area (Å²) in [6.07, 6.45) is 0. The molecule has 0 saturated carbocycles. The molecule has 0 amide bonds. The first kappa shape index (κ1) is 29.5. The maximum Gasteiger partial charge on any atom is 0.108 e. The lowest BCUT2D eigenvalue weighted by Gasteiger charge is -2.29. The molecule has 8 aromatic rings. The van der Waals surface area contributed by atoms with Crippen molar-refractivity contribution in [3.05, 3.63) is 222 Å². The highest BCUT2D eigenvalue weighted by Crippen LogP contribution is 2.54. The van der Waals surface area contributed by atoms with E-state index in [-0.39, 0.29) is 0 Å². The summed E-state index contributed by atoms with van der Waals surface area (Å²) < 4.78 is 0. The average Bonchev–Trinajstić information content (AvgIpc) is 3.48. The number of nitrogens with zero attached hydrogens (tertiary/aromatic N) is 1. The molecule has 0 saturated heterocycles. The third-order valence-corrected chi connectivity index (χ3v) is 9.90. The van der Waals surface area contributed by atoms with Crippen LogP contribution in [0.3, 0.4) is 0 Å².